The number of nitrogens with one attached hydrogen (secondary N) is 1. The summed E-state index contributed by atoms with van der Waals surface area (Å²) < 4.78 is 0. The van der Waals surface area contributed by atoms with Crippen LogP contribution in [-0.2, 0) is 11.2 Å². The lowest BCUT2D eigenvalue weighted by molar-refractivity contribution is -0.130. The molecule has 0 saturated carbocycles. The number of likely N-dealkylation sites (tertiary alicyclic amines) is 1. The minimum Gasteiger partial charge on any atom is -0.343 e. The average molecular weight is 299 g/mol. The lowest BCUT2D eigenvalue weighted by Crippen LogP contribution is -2.39. The molecule has 3 heterocycles. The molecule has 0 aliphatic carbocycles. The van der Waals surface area contributed by atoms with Gasteiger partial charge in [0.15, 0.2) is 5.82 Å². The Bertz CT molecular complexity index is 666. The highest BCUT2D eigenvalue weighted by Gasteiger charge is 2.23. The Morgan fingerprint density at radius 1 is 1.36 bits per heavy atom. The number of aryl methyl sites for hydroxylation is 1. The minimum atomic E-state index is 0.158. The summed E-state index contributed by atoms with van der Waals surface area (Å²) in [5, 5.41) is 0. The zero-order chi connectivity index (χ0) is 15.5. The molecule has 1 aliphatic rings. The topological polar surface area (TPSA) is 74.8 Å². The summed E-state index contributed by atoms with van der Waals surface area (Å²) in [6.07, 6.45) is 8.22. The van der Waals surface area contributed by atoms with E-state index < -0.39 is 0 Å². The van der Waals surface area contributed by atoms with Crippen molar-refractivity contribution < 1.29 is 4.79 Å². The van der Waals surface area contributed by atoms with Gasteiger partial charge in [0.2, 0.25) is 5.91 Å². The highest BCUT2D eigenvalue weighted by atomic mass is 16.2. The monoisotopic (exact) mass is 299 g/mol. The highest BCUT2D eigenvalue weighted by Crippen LogP contribution is 2.24. The minimum absolute atomic E-state index is 0.158. The van der Waals surface area contributed by atoms with Crippen LogP contribution < -0.4 is 0 Å². The zero-order valence-corrected chi connectivity index (χ0v) is 13.0. The van der Waals surface area contributed by atoms with Gasteiger partial charge in [-0.2, -0.15) is 0 Å². The number of aromatic amines is 1. The first-order valence-electron chi connectivity index (χ1n) is 7.71. The first kappa shape index (κ1) is 14.7. The second kappa shape index (κ2) is 6.25. The molecule has 0 aromatic carbocycles. The molecule has 1 fully saturated rings. The Labute approximate surface area is 130 Å². The van der Waals surface area contributed by atoms with E-state index in [1.165, 1.54) is 0 Å². The van der Waals surface area contributed by atoms with E-state index in [1.807, 2.05) is 11.8 Å². The molecule has 2 aromatic rings. The van der Waals surface area contributed by atoms with E-state index in [4.69, 9.17) is 0 Å². The fraction of sp³-hybridized carbons (Fsp3) is 0.500. The number of nitrogens with zero attached hydrogens (tertiary/aromatic N) is 4. The highest BCUT2D eigenvalue weighted by molar-refractivity contribution is 5.73. The maximum Gasteiger partial charge on any atom is 0.219 e. The van der Waals surface area contributed by atoms with E-state index in [1.54, 1.807) is 25.5 Å². The first-order chi connectivity index (χ1) is 10.6. The smallest absolute Gasteiger partial charge is 0.219 e. The second-order valence-electron chi connectivity index (χ2n) is 5.94. The molecule has 0 bridgehead atoms. The first-order valence-corrected chi connectivity index (χ1v) is 7.71. The van der Waals surface area contributed by atoms with E-state index in [0.29, 0.717) is 5.92 Å². The summed E-state index contributed by atoms with van der Waals surface area (Å²) >= 11 is 0. The van der Waals surface area contributed by atoms with Gasteiger partial charge in [0.1, 0.15) is 5.69 Å². The van der Waals surface area contributed by atoms with Gasteiger partial charge >= 0.3 is 0 Å². The molecule has 0 spiro atoms. The van der Waals surface area contributed by atoms with Crippen LogP contribution in [0.15, 0.2) is 18.6 Å². The molecule has 6 heteroatoms. The fourth-order valence-electron chi connectivity index (χ4n) is 3.04. The van der Waals surface area contributed by atoms with Gasteiger partial charge in [-0.3, -0.25) is 9.78 Å². The molecule has 1 N–H and O–H groups in total. The van der Waals surface area contributed by atoms with Crippen LogP contribution in [0.2, 0.25) is 0 Å². The van der Waals surface area contributed by atoms with Gasteiger partial charge in [-0.15, -0.1) is 0 Å². The summed E-state index contributed by atoms with van der Waals surface area (Å²) in [5.41, 5.74) is 2.77. The number of H-pyrrole nitrogens is 1. The van der Waals surface area contributed by atoms with Crippen LogP contribution in [-0.4, -0.2) is 43.8 Å². The zero-order valence-electron chi connectivity index (χ0n) is 13.0. The molecule has 6 nitrogen and oxygen atoms in total. The van der Waals surface area contributed by atoms with Gasteiger partial charge in [0.25, 0.3) is 0 Å². The molecule has 1 amide bonds. The number of imidazole rings is 1. The molecule has 2 aromatic heterocycles. The Kier molecular flexibility index (Phi) is 4.18. The number of aromatic nitrogens is 4. The fourth-order valence-corrected chi connectivity index (χ4v) is 3.04. The van der Waals surface area contributed by atoms with Gasteiger partial charge in [0.05, 0.1) is 5.69 Å². The van der Waals surface area contributed by atoms with Gasteiger partial charge < -0.3 is 9.88 Å². The normalized spacial score (nSPS) is 18.5. The van der Waals surface area contributed by atoms with Crippen LogP contribution in [0, 0.1) is 12.8 Å². The number of amides is 1. The predicted molar refractivity (Wildman–Crippen MR) is 83.0 cm³/mol. The van der Waals surface area contributed by atoms with Crippen LogP contribution in [0.25, 0.3) is 11.5 Å². The number of carbonyl (C=O) groups excluding carboxylic acids is 1. The summed E-state index contributed by atoms with van der Waals surface area (Å²) in [4.78, 5) is 30.0. The van der Waals surface area contributed by atoms with Crippen molar-refractivity contribution in [1.29, 1.82) is 0 Å². The van der Waals surface area contributed by atoms with Crippen molar-refractivity contribution in [2.24, 2.45) is 5.92 Å². The van der Waals surface area contributed by atoms with Crippen molar-refractivity contribution in [2.45, 2.75) is 33.1 Å². The third-order valence-corrected chi connectivity index (χ3v) is 4.15. The van der Waals surface area contributed by atoms with Crippen LogP contribution in [0.1, 0.15) is 31.2 Å². The van der Waals surface area contributed by atoms with Crippen molar-refractivity contribution >= 4 is 5.91 Å². The molecule has 1 atom stereocenters. The van der Waals surface area contributed by atoms with Gasteiger partial charge in [-0.25, -0.2) is 9.97 Å². The number of hydrogen-bond donors (Lipinski definition) is 1. The van der Waals surface area contributed by atoms with Crippen molar-refractivity contribution in [1.82, 2.24) is 24.8 Å². The van der Waals surface area contributed by atoms with Crippen molar-refractivity contribution in [3.8, 4) is 11.5 Å². The lowest BCUT2D eigenvalue weighted by Gasteiger charge is -2.32. The maximum atomic E-state index is 11.6. The van der Waals surface area contributed by atoms with Crippen molar-refractivity contribution in [3.63, 3.8) is 0 Å². The lowest BCUT2D eigenvalue weighted by atomic mass is 9.92. The molecule has 1 aliphatic heterocycles. The van der Waals surface area contributed by atoms with Gasteiger partial charge in [-0.1, -0.05) is 0 Å². The standard InChI is InChI=1S/C16H21N5O/c1-11-9-19-16(20-11)15-14(17-5-6-18-15)8-13-4-3-7-21(10-13)12(2)22/h5-6,9,13H,3-4,7-8,10H2,1-2H3,(H,19,20). The third kappa shape index (κ3) is 3.16. The van der Waals surface area contributed by atoms with Crippen molar-refractivity contribution in [2.75, 3.05) is 13.1 Å². The molecular formula is C16H21N5O. The number of piperidine rings is 1. The van der Waals surface area contributed by atoms with E-state index >= 15 is 0 Å². The van der Waals surface area contributed by atoms with Crippen LogP contribution in [0.4, 0.5) is 0 Å². The summed E-state index contributed by atoms with van der Waals surface area (Å²) in [6, 6.07) is 0. The molecule has 3 rings (SSSR count). The van der Waals surface area contributed by atoms with E-state index in [2.05, 4.69) is 19.9 Å². The third-order valence-electron chi connectivity index (χ3n) is 4.15. The van der Waals surface area contributed by atoms with E-state index in [0.717, 1.165) is 55.3 Å². The SMILES string of the molecule is CC(=O)N1CCCC(Cc2nccnc2-c2ncc(C)[nH]2)C1. The Balaban J connectivity index is 1.79. The predicted octanol–water partition coefficient (Wildman–Crippen LogP) is 1.98. The molecular weight excluding hydrogens is 278 g/mol. The van der Waals surface area contributed by atoms with Gasteiger partial charge in [0, 0.05) is 44.3 Å². The molecule has 116 valence electrons. The number of carbonyl (C=O) groups is 1. The van der Waals surface area contributed by atoms with Crippen molar-refractivity contribution in [3.05, 3.63) is 30.0 Å². The Morgan fingerprint density at radius 3 is 2.91 bits per heavy atom. The summed E-state index contributed by atoms with van der Waals surface area (Å²) in [7, 11) is 0. The van der Waals surface area contributed by atoms with E-state index in [9.17, 15) is 4.79 Å². The molecule has 1 saturated heterocycles. The maximum absolute atomic E-state index is 11.6. The van der Waals surface area contributed by atoms with Crippen LogP contribution in [0.3, 0.4) is 0 Å². The van der Waals surface area contributed by atoms with Gasteiger partial charge in [-0.05, 0) is 32.1 Å². The average Bonchev–Trinajstić information content (AvgIpc) is 2.94. The van der Waals surface area contributed by atoms with E-state index in [-0.39, 0.29) is 5.91 Å². The Morgan fingerprint density at radius 2 is 2.18 bits per heavy atom. The van der Waals surface area contributed by atoms with Crippen LogP contribution in [0.5, 0.6) is 0 Å². The summed E-state index contributed by atoms with van der Waals surface area (Å²) in [6.45, 7) is 5.29. The van der Waals surface area contributed by atoms with Crippen LogP contribution >= 0.6 is 0 Å². The largest absolute Gasteiger partial charge is 0.343 e. The number of rotatable bonds is 3. The molecule has 0 radical (unpaired) electrons. The quantitative estimate of drug-likeness (QED) is 0.940. The molecule has 1 unspecified atom stereocenters. The second-order valence-corrected chi connectivity index (χ2v) is 5.94. The summed E-state index contributed by atoms with van der Waals surface area (Å²) in [5.74, 6) is 1.36. The Hall–Kier alpha value is -2.24. The molecule has 22 heavy (non-hydrogen) atoms. The number of hydrogen-bond acceptors (Lipinski definition) is 4.